The number of amides is 1. The Kier molecular flexibility index (Phi) is 10.5. The predicted octanol–water partition coefficient (Wildman–Crippen LogP) is 2.52. The molecule has 1 aromatic carbocycles. The lowest BCUT2D eigenvalue weighted by molar-refractivity contribution is -0.117. The zero-order valence-corrected chi connectivity index (χ0v) is 17.4. The molecule has 2 N–H and O–H groups in total. The van der Waals surface area contributed by atoms with Crippen LogP contribution in [0.1, 0.15) is 32.3 Å². The molecule has 1 saturated heterocycles. The van der Waals surface area contributed by atoms with E-state index in [0.717, 1.165) is 49.9 Å². The monoisotopic (exact) mass is 460 g/mol. The van der Waals surface area contributed by atoms with Crippen LogP contribution < -0.4 is 15.5 Å². The predicted molar refractivity (Wildman–Crippen MR) is 113 cm³/mol. The van der Waals surface area contributed by atoms with E-state index in [1.807, 2.05) is 43.0 Å². The Hall–Kier alpha value is -1.35. The van der Waals surface area contributed by atoms with Crippen molar-refractivity contribution in [2.24, 2.45) is 4.99 Å². The molecule has 0 bridgehead atoms. The van der Waals surface area contributed by atoms with Gasteiger partial charge in [-0.1, -0.05) is 12.1 Å². The molecule has 7 heteroatoms. The number of nitrogens with one attached hydrogen (secondary N) is 2. The van der Waals surface area contributed by atoms with Gasteiger partial charge in [-0.05, 0) is 38.0 Å². The highest BCUT2D eigenvalue weighted by atomic mass is 127. The van der Waals surface area contributed by atoms with Crippen molar-refractivity contribution >= 4 is 41.5 Å². The van der Waals surface area contributed by atoms with Crippen molar-refractivity contribution in [1.29, 1.82) is 0 Å². The Labute approximate surface area is 167 Å². The van der Waals surface area contributed by atoms with E-state index in [0.29, 0.717) is 19.6 Å². The summed E-state index contributed by atoms with van der Waals surface area (Å²) < 4.78 is 5.32. The smallest absolute Gasteiger partial charge is 0.227 e. The van der Waals surface area contributed by atoms with E-state index >= 15 is 0 Å². The zero-order chi connectivity index (χ0) is 17.2. The molecule has 25 heavy (non-hydrogen) atoms. The number of aliphatic imine (C=N–C) groups is 1. The number of halogens is 1. The fourth-order valence-corrected chi connectivity index (χ4v) is 2.60. The van der Waals surface area contributed by atoms with Gasteiger partial charge >= 0.3 is 0 Å². The Balaban J connectivity index is 0.00000312. The molecule has 1 aromatic rings. The van der Waals surface area contributed by atoms with Gasteiger partial charge < -0.3 is 20.3 Å². The van der Waals surface area contributed by atoms with Gasteiger partial charge in [-0.15, -0.1) is 24.0 Å². The fraction of sp³-hybridized carbons (Fsp3) is 0.556. The van der Waals surface area contributed by atoms with Crippen LogP contribution in [0.2, 0.25) is 0 Å². The van der Waals surface area contributed by atoms with Gasteiger partial charge in [0.2, 0.25) is 5.91 Å². The summed E-state index contributed by atoms with van der Waals surface area (Å²) in [7, 11) is 0. The van der Waals surface area contributed by atoms with Crippen molar-refractivity contribution < 1.29 is 9.53 Å². The highest BCUT2D eigenvalue weighted by Gasteiger charge is 2.21. The summed E-state index contributed by atoms with van der Waals surface area (Å²) in [4.78, 5) is 18.2. The molecule has 1 aliphatic heterocycles. The van der Waals surface area contributed by atoms with Crippen molar-refractivity contribution in [2.75, 3.05) is 37.7 Å². The van der Waals surface area contributed by atoms with Crippen LogP contribution in [0.4, 0.5) is 5.69 Å². The van der Waals surface area contributed by atoms with Gasteiger partial charge in [0.05, 0.1) is 13.2 Å². The largest absolute Gasteiger partial charge is 0.380 e. The summed E-state index contributed by atoms with van der Waals surface area (Å²) in [5.41, 5.74) is 2.10. The van der Waals surface area contributed by atoms with Crippen molar-refractivity contribution in [2.45, 2.75) is 33.2 Å². The van der Waals surface area contributed by atoms with E-state index in [-0.39, 0.29) is 29.9 Å². The normalized spacial score (nSPS) is 14.4. The summed E-state index contributed by atoms with van der Waals surface area (Å²) in [6.45, 7) is 8.38. The zero-order valence-electron chi connectivity index (χ0n) is 15.1. The molecule has 1 amide bonds. The molecule has 1 fully saturated rings. The average Bonchev–Trinajstić information content (AvgIpc) is 3.03. The second-order valence-corrected chi connectivity index (χ2v) is 5.63. The highest BCUT2D eigenvalue weighted by Crippen LogP contribution is 2.21. The van der Waals surface area contributed by atoms with Crippen molar-refractivity contribution in [3.63, 3.8) is 0 Å². The number of carbonyl (C=O) groups is 1. The molecule has 0 aromatic heterocycles. The molecule has 0 radical (unpaired) electrons. The third-order valence-electron chi connectivity index (χ3n) is 3.83. The molecule has 0 saturated carbocycles. The summed E-state index contributed by atoms with van der Waals surface area (Å²) >= 11 is 0. The number of rotatable bonds is 8. The van der Waals surface area contributed by atoms with Gasteiger partial charge in [-0.3, -0.25) is 4.79 Å². The Morgan fingerprint density at radius 2 is 2.00 bits per heavy atom. The molecule has 0 atom stereocenters. The lowest BCUT2D eigenvalue weighted by atomic mass is 10.2. The molecule has 0 unspecified atom stereocenters. The molecular formula is C18H29IN4O2. The molecule has 0 spiro atoms. The number of hydrogen-bond donors (Lipinski definition) is 2. The first-order valence-electron chi connectivity index (χ1n) is 8.73. The third kappa shape index (κ3) is 7.19. The lowest BCUT2D eigenvalue weighted by Gasteiger charge is -2.16. The molecule has 140 valence electrons. The van der Waals surface area contributed by atoms with Crippen LogP contribution in [-0.2, 0) is 16.1 Å². The second-order valence-electron chi connectivity index (χ2n) is 5.63. The van der Waals surface area contributed by atoms with Gasteiger partial charge in [0.25, 0.3) is 0 Å². The first-order valence-corrected chi connectivity index (χ1v) is 8.73. The maximum atomic E-state index is 11.8. The third-order valence-corrected chi connectivity index (χ3v) is 3.83. The number of ether oxygens (including phenoxy) is 1. The van der Waals surface area contributed by atoms with Gasteiger partial charge in [-0.2, -0.15) is 0 Å². The van der Waals surface area contributed by atoms with E-state index in [4.69, 9.17) is 4.74 Å². The van der Waals surface area contributed by atoms with Gasteiger partial charge in [0.1, 0.15) is 0 Å². The molecule has 6 nitrogen and oxygen atoms in total. The summed E-state index contributed by atoms with van der Waals surface area (Å²) in [5, 5.41) is 6.47. The maximum absolute atomic E-state index is 11.8. The van der Waals surface area contributed by atoms with Crippen LogP contribution in [0.25, 0.3) is 0 Å². The number of guanidine groups is 1. The Morgan fingerprint density at radius 3 is 2.60 bits per heavy atom. The molecular weight excluding hydrogens is 431 g/mol. The maximum Gasteiger partial charge on any atom is 0.227 e. The lowest BCUT2D eigenvalue weighted by Crippen LogP contribution is -2.39. The topological polar surface area (TPSA) is 66.0 Å². The SMILES string of the molecule is CCNC(=NCc1ccc(N2CCCC2=O)cc1)NCCOCC.I. The molecule has 0 aliphatic carbocycles. The quantitative estimate of drug-likeness (QED) is 0.271. The minimum atomic E-state index is 0. The minimum absolute atomic E-state index is 0. The number of carbonyl (C=O) groups excluding carboxylic acids is 1. The van der Waals surface area contributed by atoms with Crippen LogP contribution >= 0.6 is 24.0 Å². The molecule has 1 aliphatic rings. The first kappa shape index (κ1) is 21.7. The van der Waals surface area contributed by atoms with Crippen LogP contribution in [0.3, 0.4) is 0 Å². The van der Waals surface area contributed by atoms with E-state index in [9.17, 15) is 4.79 Å². The average molecular weight is 460 g/mol. The summed E-state index contributed by atoms with van der Waals surface area (Å²) in [5.74, 6) is 1.00. The Morgan fingerprint density at radius 1 is 1.24 bits per heavy atom. The van der Waals surface area contributed by atoms with Gasteiger partial charge in [0.15, 0.2) is 5.96 Å². The van der Waals surface area contributed by atoms with Crippen LogP contribution in [0.5, 0.6) is 0 Å². The van der Waals surface area contributed by atoms with Gasteiger partial charge in [-0.25, -0.2) is 4.99 Å². The van der Waals surface area contributed by atoms with Crippen molar-refractivity contribution in [1.82, 2.24) is 10.6 Å². The fourth-order valence-electron chi connectivity index (χ4n) is 2.60. The van der Waals surface area contributed by atoms with Crippen LogP contribution in [-0.4, -0.2) is 44.7 Å². The van der Waals surface area contributed by atoms with E-state index < -0.39 is 0 Å². The summed E-state index contributed by atoms with van der Waals surface area (Å²) in [6.07, 6.45) is 1.61. The van der Waals surface area contributed by atoms with Gasteiger partial charge in [0, 0.05) is 38.3 Å². The standard InChI is InChI=1S/C18H28N4O2.HI/c1-3-19-18(20-11-13-24-4-2)21-14-15-7-9-16(10-8-15)22-12-5-6-17(22)23;/h7-10H,3-6,11-14H2,1-2H3,(H2,19,20,21);1H. The molecule has 2 rings (SSSR count). The summed E-state index contributed by atoms with van der Waals surface area (Å²) in [6, 6.07) is 8.08. The van der Waals surface area contributed by atoms with Crippen molar-refractivity contribution in [3.05, 3.63) is 29.8 Å². The van der Waals surface area contributed by atoms with Crippen LogP contribution in [0.15, 0.2) is 29.3 Å². The van der Waals surface area contributed by atoms with Crippen LogP contribution in [0, 0.1) is 0 Å². The molecule has 1 heterocycles. The first-order chi connectivity index (χ1) is 11.7. The van der Waals surface area contributed by atoms with E-state index in [1.165, 1.54) is 0 Å². The highest BCUT2D eigenvalue weighted by molar-refractivity contribution is 14.0. The van der Waals surface area contributed by atoms with Crippen molar-refractivity contribution in [3.8, 4) is 0 Å². The van der Waals surface area contributed by atoms with E-state index in [2.05, 4.69) is 15.6 Å². The Bertz CT molecular complexity index is 549. The van der Waals surface area contributed by atoms with E-state index in [1.54, 1.807) is 0 Å². The number of hydrogen-bond acceptors (Lipinski definition) is 3. The minimum Gasteiger partial charge on any atom is -0.380 e. The second kappa shape index (κ2) is 12.1. The number of anilines is 1. The number of benzene rings is 1. The number of nitrogens with zero attached hydrogens (tertiary/aromatic N) is 2.